The molecule has 0 radical (unpaired) electrons. The zero-order valence-electron chi connectivity index (χ0n) is 23.6. The van der Waals surface area contributed by atoms with Crippen LogP contribution in [0.2, 0.25) is 5.02 Å². The third-order valence-corrected chi connectivity index (χ3v) is 8.51. The fourth-order valence-electron chi connectivity index (χ4n) is 5.50. The number of benzene rings is 2. The molecule has 0 saturated carbocycles. The minimum atomic E-state index is -2.93. The van der Waals surface area contributed by atoms with Gasteiger partial charge in [0.05, 0.1) is 28.8 Å². The number of halogens is 3. The monoisotopic (exact) mass is 590 g/mol. The molecule has 1 unspecified atom stereocenters. The van der Waals surface area contributed by atoms with E-state index < -0.39 is 11.8 Å². The maximum absolute atomic E-state index is 14.9. The first-order chi connectivity index (χ1) is 20.2. The smallest absolute Gasteiger partial charge is 0.275 e. The molecule has 218 valence electrons. The van der Waals surface area contributed by atoms with Crippen molar-refractivity contribution in [3.63, 3.8) is 0 Å². The number of aromatic nitrogens is 4. The summed E-state index contributed by atoms with van der Waals surface area (Å²) in [6.45, 7) is 4.73. The van der Waals surface area contributed by atoms with Crippen LogP contribution in [0, 0.1) is 5.92 Å². The van der Waals surface area contributed by atoms with Crippen LogP contribution in [0.5, 0.6) is 0 Å². The lowest BCUT2D eigenvalue weighted by molar-refractivity contribution is -0.0594. The van der Waals surface area contributed by atoms with E-state index in [0.29, 0.717) is 66.0 Å². The topological polar surface area (TPSA) is 78.8 Å². The van der Waals surface area contributed by atoms with Crippen LogP contribution < -0.4 is 15.8 Å². The van der Waals surface area contributed by atoms with E-state index in [2.05, 4.69) is 21.4 Å². The number of H-pyrrole nitrogens is 1. The van der Waals surface area contributed by atoms with Gasteiger partial charge in [-0.15, -0.1) is 0 Å². The minimum absolute atomic E-state index is 0.0240. The summed E-state index contributed by atoms with van der Waals surface area (Å²) in [6.07, 6.45) is 8.50. The van der Waals surface area contributed by atoms with Crippen molar-refractivity contribution in [3.05, 3.63) is 98.5 Å². The second-order valence-electron chi connectivity index (χ2n) is 11.0. The normalized spacial score (nSPS) is 15.9. The van der Waals surface area contributed by atoms with E-state index in [1.54, 1.807) is 24.5 Å². The third kappa shape index (κ3) is 5.33. The van der Waals surface area contributed by atoms with Crippen LogP contribution >= 0.6 is 11.6 Å². The first-order valence-electron chi connectivity index (χ1n) is 14.4. The Morgan fingerprint density at radius 1 is 1.14 bits per heavy atom. The zero-order chi connectivity index (χ0) is 29.4. The van der Waals surface area contributed by atoms with E-state index in [1.807, 2.05) is 41.3 Å². The zero-order valence-corrected chi connectivity index (χ0v) is 24.4. The van der Waals surface area contributed by atoms with Crippen molar-refractivity contribution < 1.29 is 8.78 Å². The molecule has 1 aliphatic heterocycles. The molecule has 6 rings (SSSR count). The van der Waals surface area contributed by atoms with Crippen molar-refractivity contribution in [2.45, 2.75) is 58.5 Å². The number of nitrogens with one attached hydrogen (secondary N) is 2. The maximum atomic E-state index is 14.9. The van der Waals surface area contributed by atoms with Gasteiger partial charge in [0, 0.05) is 41.7 Å². The van der Waals surface area contributed by atoms with Gasteiger partial charge in [-0.1, -0.05) is 55.8 Å². The average molecular weight is 591 g/mol. The van der Waals surface area contributed by atoms with Crippen LogP contribution in [0.4, 0.5) is 20.7 Å². The van der Waals surface area contributed by atoms with Crippen LogP contribution in [-0.2, 0) is 25.4 Å². The summed E-state index contributed by atoms with van der Waals surface area (Å²) in [5.74, 6) is -2.64. The number of allylic oxidation sites excluding steroid dienone is 4. The van der Waals surface area contributed by atoms with Gasteiger partial charge in [-0.2, -0.15) is 0 Å². The van der Waals surface area contributed by atoms with Gasteiger partial charge in [-0.05, 0) is 55.2 Å². The molecule has 7 nitrogen and oxygen atoms in total. The number of aromatic amines is 1. The molecular weight excluding hydrogens is 558 g/mol. The fourth-order valence-corrected chi connectivity index (χ4v) is 5.62. The summed E-state index contributed by atoms with van der Waals surface area (Å²) in [6, 6.07) is 12.1. The van der Waals surface area contributed by atoms with Gasteiger partial charge in [-0.25, -0.2) is 18.7 Å². The largest absolute Gasteiger partial charge is 0.351 e. The van der Waals surface area contributed by atoms with Gasteiger partial charge in [-0.3, -0.25) is 9.36 Å². The summed E-state index contributed by atoms with van der Waals surface area (Å²) < 4.78 is 31.5. The molecule has 2 aromatic carbocycles. The second-order valence-corrected chi connectivity index (χ2v) is 11.4. The standard InChI is InChI=1S/C32H33ClF2N6O/c1-3-20(2)32(34,35)22-11-14-27-28(17-22)39-31(38-27)40-16-15-26-25(19-40)29(42)41(24-7-5-4-6-8-24)30(37-26)36-18-21-9-12-23(33)13-10-21/h4-5,7,9-14,17,20H,3,6,8,15-16,18-19H2,1-2H3,(H,36,37)(H,38,39). The molecule has 0 amide bonds. The Labute approximate surface area is 247 Å². The Hall–Kier alpha value is -3.98. The molecule has 1 aliphatic carbocycles. The minimum Gasteiger partial charge on any atom is -0.351 e. The van der Waals surface area contributed by atoms with Crippen LogP contribution in [0.15, 0.2) is 65.5 Å². The van der Waals surface area contributed by atoms with Crippen molar-refractivity contribution in [1.29, 1.82) is 0 Å². The molecule has 0 fully saturated rings. The number of nitrogens with zero attached hydrogens (tertiary/aromatic N) is 4. The van der Waals surface area contributed by atoms with Gasteiger partial charge in [0.2, 0.25) is 11.9 Å². The third-order valence-electron chi connectivity index (χ3n) is 8.26. The molecule has 2 aliphatic rings. The van der Waals surface area contributed by atoms with E-state index in [4.69, 9.17) is 16.6 Å². The maximum Gasteiger partial charge on any atom is 0.275 e. The summed E-state index contributed by atoms with van der Waals surface area (Å²) in [5.41, 5.74) is 4.29. The molecule has 0 saturated heterocycles. The van der Waals surface area contributed by atoms with E-state index in [-0.39, 0.29) is 11.1 Å². The van der Waals surface area contributed by atoms with E-state index >= 15 is 0 Å². The lowest BCUT2D eigenvalue weighted by Crippen LogP contribution is -2.39. The van der Waals surface area contributed by atoms with E-state index in [1.165, 1.54) is 12.1 Å². The summed E-state index contributed by atoms with van der Waals surface area (Å²) in [5, 5.41) is 4.04. The highest BCUT2D eigenvalue weighted by Gasteiger charge is 2.37. The molecule has 2 N–H and O–H groups in total. The highest BCUT2D eigenvalue weighted by atomic mass is 35.5. The molecule has 1 atom stereocenters. The second kappa shape index (κ2) is 11.4. The van der Waals surface area contributed by atoms with E-state index in [0.717, 1.165) is 29.8 Å². The highest BCUT2D eigenvalue weighted by molar-refractivity contribution is 6.30. The molecule has 2 aromatic heterocycles. The quantitative estimate of drug-likeness (QED) is 0.225. The Bertz CT molecular complexity index is 1740. The number of fused-ring (bicyclic) bond motifs is 2. The van der Waals surface area contributed by atoms with Crippen LogP contribution in [0.25, 0.3) is 16.7 Å². The molecular formula is C32H33ClF2N6O. The lowest BCUT2D eigenvalue weighted by atomic mass is 9.94. The molecule has 4 aromatic rings. The molecule has 0 spiro atoms. The van der Waals surface area contributed by atoms with Crippen molar-refractivity contribution in [2.75, 3.05) is 16.8 Å². The van der Waals surface area contributed by atoms with Crippen molar-refractivity contribution in [2.24, 2.45) is 5.92 Å². The van der Waals surface area contributed by atoms with Gasteiger partial charge in [0.15, 0.2) is 0 Å². The van der Waals surface area contributed by atoms with Crippen molar-refractivity contribution >= 4 is 40.2 Å². The number of imidazole rings is 1. The number of anilines is 2. The molecule has 10 heteroatoms. The van der Waals surface area contributed by atoms with Crippen LogP contribution in [-0.4, -0.2) is 26.1 Å². The predicted octanol–water partition coefficient (Wildman–Crippen LogP) is 7.28. The Balaban J connectivity index is 1.32. The molecule has 0 bridgehead atoms. The van der Waals surface area contributed by atoms with Crippen molar-refractivity contribution in [3.8, 4) is 0 Å². The fraction of sp³-hybridized carbons (Fsp3) is 0.344. The number of alkyl halides is 2. The lowest BCUT2D eigenvalue weighted by Gasteiger charge is -2.29. The SMILES string of the molecule is CCC(C)C(F)(F)c1ccc2nc(N3CCc4nc(NCc5ccc(Cl)cc5)n(C5=CC=CCC5)c(=O)c4C3)[nH]c2c1. The number of hydrogen-bond acceptors (Lipinski definition) is 5. The summed E-state index contributed by atoms with van der Waals surface area (Å²) in [7, 11) is 0. The first kappa shape index (κ1) is 28.2. The predicted molar refractivity (Wildman–Crippen MR) is 164 cm³/mol. The molecule has 3 heterocycles. The Kier molecular flexibility index (Phi) is 7.62. The van der Waals surface area contributed by atoms with Crippen molar-refractivity contribution in [1.82, 2.24) is 19.5 Å². The van der Waals surface area contributed by atoms with Gasteiger partial charge >= 0.3 is 0 Å². The first-order valence-corrected chi connectivity index (χ1v) is 14.7. The number of rotatable bonds is 8. The number of hydrogen-bond donors (Lipinski definition) is 2. The average Bonchev–Trinajstić information content (AvgIpc) is 3.44. The van der Waals surface area contributed by atoms with Gasteiger partial charge in [0.25, 0.3) is 11.5 Å². The van der Waals surface area contributed by atoms with Gasteiger partial charge in [0.1, 0.15) is 0 Å². The Morgan fingerprint density at radius 3 is 2.69 bits per heavy atom. The van der Waals surface area contributed by atoms with Crippen LogP contribution in [0.3, 0.4) is 0 Å². The summed E-state index contributed by atoms with van der Waals surface area (Å²) in [4.78, 5) is 28.9. The Morgan fingerprint density at radius 2 is 1.95 bits per heavy atom. The summed E-state index contributed by atoms with van der Waals surface area (Å²) >= 11 is 6.04. The van der Waals surface area contributed by atoms with Gasteiger partial charge < -0.3 is 15.2 Å². The highest BCUT2D eigenvalue weighted by Crippen LogP contribution is 2.38. The molecule has 42 heavy (non-hydrogen) atoms. The van der Waals surface area contributed by atoms with Crippen LogP contribution in [0.1, 0.15) is 55.5 Å². The van der Waals surface area contributed by atoms with E-state index in [9.17, 15) is 13.6 Å².